The minimum Gasteiger partial charge on any atom is -0.492 e. The van der Waals surface area contributed by atoms with Gasteiger partial charge in [0.1, 0.15) is 11.4 Å². The molecular formula is C9H8F2O4. The minimum absolute atomic E-state index is 0.434. The third-order valence-electron chi connectivity index (χ3n) is 1.76. The molecule has 0 amide bonds. The third kappa shape index (κ3) is 1.83. The fraction of sp³-hybridized carbons (Fsp3) is 0.222. The maximum atomic E-state index is 13.1. The highest BCUT2D eigenvalue weighted by Crippen LogP contribution is 2.35. The van der Waals surface area contributed by atoms with E-state index < -0.39 is 34.7 Å². The van der Waals surface area contributed by atoms with E-state index in [4.69, 9.17) is 5.11 Å². The van der Waals surface area contributed by atoms with E-state index >= 15 is 0 Å². The Labute approximate surface area is 84.0 Å². The summed E-state index contributed by atoms with van der Waals surface area (Å²) < 4.78 is 35.4. The lowest BCUT2D eigenvalue weighted by Crippen LogP contribution is -2.07. The molecule has 0 saturated carbocycles. The van der Waals surface area contributed by atoms with Crippen LogP contribution >= 0.6 is 0 Å². The molecule has 1 aromatic carbocycles. The number of hydrogen-bond donors (Lipinski definition) is 1. The number of ether oxygens (including phenoxy) is 2. The second-order valence-electron chi connectivity index (χ2n) is 2.59. The van der Waals surface area contributed by atoms with Crippen molar-refractivity contribution in [2.45, 2.75) is 0 Å². The van der Waals surface area contributed by atoms with Gasteiger partial charge in [-0.05, 0) is 0 Å². The van der Waals surface area contributed by atoms with Crippen molar-refractivity contribution in [1.29, 1.82) is 0 Å². The first-order chi connectivity index (χ1) is 7.02. The lowest BCUT2D eigenvalue weighted by atomic mass is 10.1. The Hall–Kier alpha value is -1.85. The van der Waals surface area contributed by atoms with Crippen molar-refractivity contribution < 1.29 is 28.2 Å². The molecule has 1 aromatic rings. The fourth-order valence-corrected chi connectivity index (χ4v) is 1.16. The van der Waals surface area contributed by atoms with E-state index in [1.807, 2.05) is 0 Å². The molecule has 0 fully saturated rings. The van der Waals surface area contributed by atoms with Crippen molar-refractivity contribution in [2.75, 3.05) is 14.2 Å². The van der Waals surface area contributed by atoms with Crippen molar-refractivity contribution in [3.63, 3.8) is 0 Å². The van der Waals surface area contributed by atoms with E-state index in [-0.39, 0.29) is 0 Å². The van der Waals surface area contributed by atoms with Gasteiger partial charge in [-0.15, -0.1) is 0 Å². The summed E-state index contributed by atoms with van der Waals surface area (Å²) in [5.41, 5.74) is -0.754. The van der Waals surface area contributed by atoms with Gasteiger partial charge in [0.05, 0.1) is 14.2 Å². The second-order valence-corrected chi connectivity index (χ2v) is 2.59. The molecule has 1 rings (SSSR count). The van der Waals surface area contributed by atoms with Gasteiger partial charge in [0, 0.05) is 6.07 Å². The smallest absolute Gasteiger partial charge is 0.342 e. The summed E-state index contributed by atoms with van der Waals surface area (Å²) in [4.78, 5) is 10.7. The molecule has 6 heteroatoms. The van der Waals surface area contributed by atoms with E-state index in [9.17, 15) is 13.6 Å². The van der Waals surface area contributed by atoms with Crippen LogP contribution in [0.3, 0.4) is 0 Å². The molecule has 0 aliphatic rings. The number of rotatable bonds is 3. The highest BCUT2D eigenvalue weighted by Gasteiger charge is 2.24. The monoisotopic (exact) mass is 218 g/mol. The van der Waals surface area contributed by atoms with Crippen LogP contribution in [0.1, 0.15) is 10.4 Å². The average Bonchev–Trinajstić information content (AvgIpc) is 2.15. The first-order valence-electron chi connectivity index (χ1n) is 3.86. The number of aromatic carboxylic acids is 1. The van der Waals surface area contributed by atoms with Gasteiger partial charge in [-0.1, -0.05) is 0 Å². The first kappa shape index (κ1) is 11.2. The van der Waals surface area contributed by atoms with Crippen LogP contribution in [0, 0.1) is 11.6 Å². The highest BCUT2D eigenvalue weighted by atomic mass is 19.1. The molecular weight excluding hydrogens is 210 g/mol. The summed E-state index contributed by atoms with van der Waals surface area (Å²) in [5.74, 6) is -4.68. The van der Waals surface area contributed by atoms with Crippen LogP contribution in [-0.4, -0.2) is 25.3 Å². The predicted octanol–water partition coefficient (Wildman–Crippen LogP) is 1.68. The van der Waals surface area contributed by atoms with Gasteiger partial charge in [-0.25, -0.2) is 13.6 Å². The molecule has 0 saturated heterocycles. The normalized spacial score (nSPS) is 9.87. The first-order valence-corrected chi connectivity index (χ1v) is 3.86. The number of carboxylic acid groups (broad SMARTS) is 1. The Morgan fingerprint density at radius 3 is 2.13 bits per heavy atom. The molecule has 0 aliphatic carbocycles. The molecule has 15 heavy (non-hydrogen) atoms. The van der Waals surface area contributed by atoms with Crippen molar-refractivity contribution in [1.82, 2.24) is 0 Å². The van der Waals surface area contributed by atoms with Gasteiger partial charge in [-0.3, -0.25) is 0 Å². The molecule has 0 aliphatic heterocycles. The van der Waals surface area contributed by atoms with Crippen molar-refractivity contribution in [2.24, 2.45) is 0 Å². The summed E-state index contributed by atoms with van der Waals surface area (Å²) in [6.07, 6.45) is 0. The molecule has 0 heterocycles. The zero-order chi connectivity index (χ0) is 11.6. The number of methoxy groups -OCH3 is 2. The Morgan fingerprint density at radius 1 is 1.20 bits per heavy atom. The number of carbonyl (C=O) groups is 1. The predicted molar refractivity (Wildman–Crippen MR) is 46.4 cm³/mol. The third-order valence-corrected chi connectivity index (χ3v) is 1.76. The van der Waals surface area contributed by atoms with E-state index in [0.29, 0.717) is 6.07 Å². The molecule has 4 nitrogen and oxygen atoms in total. The summed E-state index contributed by atoms with van der Waals surface area (Å²) in [7, 11) is 2.23. The molecule has 0 aromatic heterocycles. The van der Waals surface area contributed by atoms with Crippen LogP contribution in [0.5, 0.6) is 11.5 Å². The highest BCUT2D eigenvalue weighted by molar-refractivity contribution is 5.92. The van der Waals surface area contributed by atoms with Crippen LogP contribution in [0.4, 0.5) is 8.78 Å². The van der Waals surface area contributed by atoms with Gasteiger partial charge >= 0.3 is 5.97 Å². The fourth-order valence-electron chi connectivity index (χ4n) is 1.16. The molecule has 0 bridgehead atoms. The summed E-state index contributed by atoms with van der Waals surface area (Å²) >= 11 is 0. The number of hydrogen-bond acceptors (Lipinski definition) is 3. The summed E-state index contributed by atoms with van der Waals surface area (Å²) in [6, 6.07) is 0.435. The molecule has 0 spiro atoms. The van der Waals surface area contributed by atoms with Gasteiger partial charge in [-0.2, -0.15) is 0 Å². The number of halogens is 2. The largest absolute Gasteiger partial charge is 0.492 e. The summed E-state index contributed by atoms with van der Waals surface area (Å²) in [5, 5.41) is 8.69. The number of benzene rings is 1. The van der Waals surface area contributed by atoms with Crippen molar-refractivity contribution >= 4 is 5.97 Å². The SMILES string of the molecule is COc1c(F)cc(F)c(C(=O)O)c1OC. The minimum atomic E-state index is -1.55. The molecule has 0 radical (unpaired) electrons. The van der Waals surface area contributed by atoms with Crippen molar-refractivity contribution in [3.05, 3.63) is 23.3 Å². The van der Waals surface area contributed by atoms with E-state index in [1.54, 1.807) is 0 Å². The van der Waals surface area contributed by atoms with Gasteiger partial charge < -0.3 is 14.6 Å². The van der Waals surface area contributed by atoms with Crippen LogP contribution in [0.2, 0.25) is 0 Å². The average molecular weight is 218 g/mol. The topological polar surface area (TPSA) is 55.8 Å². The van der Waals surface area contributed by atoms with E-state index in [2.05, 4.69) is 9.47 Å². The maximum absolute atomic E-state index is 13.1. The quantitative estimate of drug-likeness (QED) is 0.838. The lowest BCUT2D eigenvalue weighted by Gasteiger charge is -2.11. The maximum Gasteiger partial charge on any atom is 0.342 e. The van der Waals surface area contributed by atoms with Crippen LogP contribution < -0.4 is 9.47 Å². The zero-order valence-electron chi connectivity index (χ0n) is 8.01. The Bertz CT molecular complexity index is 404. The van der Waals surface area contributed by atoms with Crippen LogP contribution in [0.15, 0.2) is 6.07 Å². The standard InChI is InChI=1S/C9H8F2O4/c1-14-7-5(11)3-4(10)6(9(12)13)8(7)15-2/h3H,1-2H3,(H,12,13). The molecule has 0 atom stereocenters. The lowest BCUT2D eigenvalue weighted by molar-refractivity contribution is 0.0687. The number of carboxylic acids is 1. The van der Waals surface area contributed by atoms with Crippen LogP contribution in [0.25, 0.3) is 0 Å². The van der Waals surface area contributed by atoms with E-state index in [1.165, 1.54) is 0 Å². The Morgan fingerprint density at radius 2 is 1.73 bits per heavy atom. The zero-order valence-corrected chi connectivity index (χ0v) is 8.01. The van der Waals surface area contributed by atoms with E-state index in [0.717, 1.165) is 14.2 Å². The van der Waals surface area contributed by atoms with Gasteiger partial charge in [0.2, 0.25) is 0 Å². The Balaban J connectivity index is 3.56. The van der Waals surface area contributed by atoms with Gasteiger partial charge in [0.25, 0.3) is 0 Å². The van der Waals surface area contributed by atoms with Crippen molar-refractivity contribution in [3.8, 4) is 11.5 Å². The summed E-state index contributed by atoms with van der Waals surface area (Å²) in [6.45, 7) is 0. The second kappa shape index (κ2) is 4.12. The Kier molecular flexibility index (Phi) is 3.08. The molecule has 82 valence electrons. The molecule has 1 N–H and O–H groups in total. The van der Waals surface area contributed by atoms with Gasteiger partial charge in [0.15, 0.2) is 17.3 Å². The molecule has 0 unspecified atom stereocenters. The van der Waals surface area contributed by atoms with Crippen LogP contribution in [-0.2, 0) is 0 Å².